The molecule has 29 heavy (non-hydrogen) atoms. The summed E-state index contributed by atoms with van der Waals surface area (Å²) in [6, 6.07) is 3.60. The Labute approximate surface area is 170 Å². The minimum atomic E-state index is -4.02. The Morgan fingerprint density at radius 1 is 1.28 bits per heavy atom. The predicted molar refractivity (Wildman–Crippen MR) is 108 cm³/mol. The summed E-state index contributed by atoms with van der Waals surface area (Å²) < 4.78 is 28.1. The fourth-order valence-electron chi connectivity index (χ4n) is 3.23. The third-order valence-corrected chi connectivity index (χ3v) is 5.55. The summed E-state index contributed by atoms with van der Waals surface area (Å²) in [5.74, 6) is 0.282. The van der Waals surface area contributed by atoms with Crippen LogP contribution in [-0.4, -0.2) is 37.6 Å². The Morgan fingerprint density at radius 3 is 2.41 bits per heavy atom. The number of nitro benzene ring substituents is 1. The molecule has 0 aromatic heterocycles. The van der Waals surface area contributed by atoms with E-state index in [0.717, 1.165) is 31.7 Å². The molecule has 10 nitrogen and oxygen atoms in total. The highest BCUT2D eigenvalue weighted by Gasteiger charge is 2.25. The number of nitrogens with zero attached hydrogens (tertiary/aromatic N) is 1. The molecule has 0 unspecified atom stereocenters. The number of amides is 1. The number of ether oxygens (including phenoxy) is 1. The van der Waals surface area contributed by atoms with Gasteiger partial charge in [-0.05, 0) is 64.5 Å². The highest BCUT2D eigenvalue weighted by molar-refractivity contribution is 7.89. The lowest BCUT2D eigenvalue weighted by molar-refractivity contribution is -0.384. The van der Waals surface area contributed by atoms with E-state index in [9.17, 15) is 23.3 Å². The number of hydrogen-bond acceptors (Lipinski definition) is 7. The summed E-state index contributed by atoms with van der Waals surface area (Å²) in [6.07, 6.45) is 2.84. The maximum absolute atomic E-state index is 11.9. The smallest absolute Gasteiger partial charge is 0.407 e. The first-order valence-corrected chi connectivity index (χ1v) is 10.9. The molecule has 1 aliphatic rings. The SMILES string of the molecule is CC(C)(C)OC(=O)N[C@H]1CC[C@H](CNc2ccc(S(N)(=O)=O)cc2[N+](=O)[O-])CC1. The van der Waals surface area contributed by atoms with Gasteiger partial charge in [0.15, 0.2) is 0 Å². The zero-order valence-corrected chi connectivity index (χ0v) is 17.6. The Kier molecular flexibility index (Phi) is 7.06. The van der Waals surface area contributed by atoms with E-state index in [0.29, 0.717) is 6.54 Å². The van der Waals surface area contributed by atoms with Gasteiger partial charge in [-0.3, -0.25) is 10.1 Å². The first kappa shape index (κ1) is 22.9. The summed E-state index contributed by atoms with van der Waals surface area (Å²) in [5, 5.41) is 22.2. The van der Waals surface area contributed by atoms with Crippen molar-refractivity contribution >= 4 is 27.5 Å². The van der Waals surface area contributed by atoms with Gasteiger partial charge in [0.1, 0.15) is 11.3 Å². The van der Waals surface area contributed by atoms with Crippen LogP contribution in [0.5, 0.6) is 0 Å². The average Bonchev–Trinajstić information content (AvgIpc) is 2.58. The zero-order chi connectivity index (χ0) is 21.8. The van der Waals surface area contributed by atoms with Crippen molar-refractivity contribution in [2.75, 3.05) is 11.9 Å². The standard InChI is InChI=1S/C18H28N4O6S/c1-18(2,3)28-17(23)21-13-6-4-12(5-7-13)11-20-15-9-8-14(29(19,26)27)10-16(15)22(24)25/h8-10,12-13,20H,4-7,11H2,1-3H3,(H,21,23)(H2,19,26,27)/t12-,13-. The van der Waals surface area contributed by atoms with E-state index in [1.165, 1.54) is 12.1 Å². The van der Waals surface area contributed by atoms with E-state index < -0.39 is 26.6 Å². The molecule has 0 saturated heterocycles. The van der Waals surface area contributed by atoms with Crippen LogP contribution in [0, 0.1) is 16.0 Å². The third-order valence-electron chi connectivity index (χ3n) is 4.64. The lowest BCUT2D eigenvalue weighted by Crippen LogP contribution is -2.41. The number of benzene rings is 1. The number of primary sulfonamides is 1. The topological polar surface area (TPSA) is 154 Å². The first-order chi connectivity index (χ1) is 13.3. The minimum absolute atomic E-state index is 0.0458. The van der Waals surface area contributed by atoms with Crippen molar-refractivity contribution in [3.63, 3.8) is 0 Å². The molecule has 0 radical (unpaired) electrons. The fraction of sp³-hybridized carbons (Fsp3) is 0.611. The maximum atomic E-state index is 11.9. The minimum Gasteiger partial charge on any atom is -0.444 e. The summed E-state index contributed by atoms with van der Waals surface area (Å²) in [7, 11) is -4.02. The molecule has 0 bridgehead atoms. The van der Waals surface area contributed by atoms with E-state index in [4.69, 9.17) is 9.88 Å². The van der Waals surface area contributed by atoms with Crippen molar-refractivity contribution in [2.45, 2.75) is 63.0 Å². The second-order valence-corrected chi connectivity index (χ2v) is 9.79. The van der Waals surface area contributed by atoms with E-state index >= 15 is 0 Å². The summed E-state index contributed by atoms with van der Waals surface area (Å²) >= 11 is 0. The number of rotatable bonds is 6. The lowest BCUT2D eigenvalue weighted by atomic mass is 9.86. The molecule has 2 rings (SSSR count). The predicted octanol–water partition coefficient (Wildman–Crippen LogP) is 2.74. The van der Waals surface area contributed by atoms with E-state index in [1.54, 1.807) is 0 Å². The molecule has 0 atom stereocenters. The van der Waals surface area contributed by atoms with Crippen LogP contribution in [0.15, 0.2) is 23.1 Å². The van der Waals surface area contributed by atoms with Crippen molar-refractivity contribution in [3.05, 3.63) is 28.3 Å². The summed E-state index contributed by atoms with van der Waals surface area (Å²) in [5.41, 5.74) is -0.633. The van der Waals surface area contributed by atoms with Crippen molar-refractivity contribution in [1.29, 1.82) is 0 Å². The molecule has 4 N–H and O–H groups in total. The van der Waals surface area contributed by atoms with Crippen LogP contribution in [0.1, 0.15) is 46.5 Å². The zero-order valence-electron chi connectivity index (χ0n) is 16.8. The number of nitrogens with one attached hydrogen (secondary N) is 2. The van der Waals surface area contributed by atoms with Gasteiger partial charge < -0.3 is 15.4 Å². The molecular formula is C18H28N4O6S. The number of anilines is 1. The average molecular weight is 429 g/mol. The number of sulfonamides is 1. The van der Waals surface area contributed by atoms with Crippen molar-refractivity contribution in [1.82, 2.24) is 5.32 Å². The van der Waals surface area contributed by atoms with E-state index in [1.807, 2.05) is 20.8 Å². The van der Waals surface area contributed by atoms with E-state index in [2.05, 4.69) is 10.6 Å². The van der Waals surface area contributed by atoms with Gasteiger partial charge in [-0.1, -0.05) is 0 Å². The number of nitrogens with two attached hydrogens (primary N) is 1. The third kappa shape index (κ3) is 7.17. The molecule has 1 saturated carbocycles. The highest BCUT2D eigenvalue weighted by Crippen LogP contribution is 2.29. The molecule has 1 amide bonds. The molecule has 1 aromatic rings. The highest BCUT2D eigenvalue weighted by atomic mass is 32.2. The Bertz CT molecular complexity index is 858. The summed E-state index contributed by atoms with van der Waals surface area (Å²) in [6.45, 7) is 5.94. The van der Waals surface area contributed by atoms with Gasteiger partial charge in [0.05, 0.1) is 9.82 Å². The van der Waals surface area contributed by atoms with Gasteiger partial charge in [0.25, 0.3) is 5.69 Å². The van der Waals surface area contributed by atoms with Crippen LogP contribution in [0.3, 0.4) is 0 Å². The van der Waals surface area contributed by atoms with Crippen LogP contribution in [0.4, 0.5) is 16.2 Å². The normalized spacial score (nSPS) is 20.0. The number of alkyl carbamates (subject to hydrolysis) is 1. The van der Waals surface area contributed by atoms with Crippen LogP contribution in [0.2, 0.25) is 0 Å². The number of hydrogen-bond donors (Lipinski definition) is 3. The van der Waals surface area contributed by atoms with Gasteiger partial charge in [-0.25, -0.2) is 18.4 Å². The molecule has 0 aliphatic heterocycles. The van der Waals surface area contributed by atoms with Gasteiger partial charge >= 0.3 is 6.09 Å². The van der Waals surface area contributed by atoms with Gasteiger partial charge in [0, 0.05) is 18.7 Å². The number of nitro groups is 1. The van der Waals surface area contributed by atoms with Crippen molar-refractivity contribution in [3.8, 4) is 0 Å². The first-order valence-electron chi connectivity index (χ1n) is 9.40. The van der Waals surface area contributed by atoms with Crippen molar-refractivity contribution in [2.24, 2.45) is 11.1 Å². The van der Waals surface area contributed by atoms with Gasteiger partial charge in [-0.15, -0.1) is 0 Å². The Balaban J connectivity index is 1.89. The van der Waals surface area contributed by atoms with Crippen molar-refractivity contribution < 1.29 is 22.9 Å². The number of carbonyl (C=O) groups excluding carboxylic acids is 1. The van der Waals surface area contributed by atoms with Gasteiger partial charge in [0.2, 0.25) is 10.0 Å². The molecule has 1 aromatic carbocycles. The largest absolute Gasteiger partial charge is 0.444 e. The molecular weight excluding hydrogens is 400 g/mol. The molecule has 11 heteroatoms. The second kappa shape index (κ2) is 8.95. The van der Waals surface area contributed by atoms with Crippen LogP contribution in [-0.2, 0) is 14.8 Å². The molecule has 1 aliphatic carbocycles. The van der Waals surface area contributed by atoms with Crippen LogP contribution in [0.25, 0.3) is 0 Å². The molecule has 0 spiro atoms. The maximum Gasteiger partial charge on any atom is 0.407 e. The van der Waals surface area contributed by atoms with Crippen LogP contribution < -0.4 is 15.8 Å². The fourth-order valence-corrected chi connectivity index (χ4v) is 3.76. The van der Waals surface area contributed by atoms with Crippen LogP contribution >= 0.6 is 0 Å². The monoisotopic (exact) mass is 428 g/mol. The van der Waals surface area contributed by atoms with Gasteiger partial charge in [-0.2, -0.15) is 0 Å². The Morgan fingerprint density at radius 2 is 1.90 bits per heavy atom. The molecule has 0 heterocycles. The molecule has 1 fully saturated rings. The van der Waals surface area contributed by atoms with E-state index in [-0.39, 0.29) is 28.2 Å². The lowest BCUT2D eigenvalue weighted by Gasteiger charge is -2.30. The quantitative estimate of drug-likeness (QED) is 0.465. The summed E-state index contributed by atoms with van der Waals surface area (Å²) in [4.78, 5) is 22.2. The second-order valence-electron chi connectivity index (χ2n) is 8.23. The molecule has 162 valence electrons. The Hall–Kier alpha value is -2.40. The number of carbonyl (C=O) groups is 1.